The van der Waals surface area contributed by atoms with E-state index in [1.165, 1.54) is 0 Å². The van der Waals surface area contributed by atoms with Crippen molar-refractivity contribution in [1.82, 2.24) is 15.0 Å². The van der Waals surface area contributed by atoms with Gasteiger partial charge in [0.15, 0.2) is 0 Å². The van der Waals surface area contributed by atoms with Crippen LogP contribution in [0.4, 0.5) is 0 Å². The molecule has 0 spiro atoms. The van der Waals surface area contributed by atoms with Crippen molar-refractivity contribution in [3.05, 3.63) is 125 Å². The van der Waals surface area contributed by atoms with Gasteiger partial charge in [0.2, 0.25) is 0 Å². The monoisotopic (exact) mass is 497 g/mol. The number of aromatic amines is 2. The Morgan fingerprint density at radius 2 is 1.38 bits per heavy atom. The molecule has 0 bridgehead atoms. The van der Waals surface area contributed by atoms with Crippen molar-refractivity contribution < 1.29 is 0 Å². The number of nitrogens with one attached hydrogen (secondary N) is 2. The molecule has 37 heavy (non-hydrogen) atoms. The first-order valence-electron chi connectivity index (χ1n) is 12.0. The molecule has 0 aliphatic carbocycles. The second-order valence-electron chi connectivity index (χ2n) is 9.09. The fraction of sp³-hybridized carbons (Fsp3) is 0. The van der Waals surface area contributed by atoms with E-state index in [4.69, 9.17) is 16.6 Å². The average molecular weight is 498 g/mol. The van der Waals surface area contributed by atoms with Gasteiger partial charge in [0.1, 0.15) is 5.82 Å². The van der Waals surface area contributed by atoms with Crippen LogP contribution in [0.1, 0.15) is 0 Å². The van der Waals surface area contributed by atoms with E-state index in [0.717, 1.165) is 55.0 Å². The Bertz CT molecular complexity index is 2020. The molecule has 7 rings (SSSR count). The van der Waals surface area contributed by atoms with Crippen molar-refractivity contribution in [2.75, 3.05) is 0 Å². The molecule has 0 atom stereocenters. The zero-order chi connectivity index (χ0) is 24.9. The number of halogens is 1. The molecular weight excluding hydrogens is 478 g/mol. The summed E-state index contributed by atoms with van der Waals surface area (Å²) in [6.07, 6.45) is 1.68. The number of hydrogen-bond acceptors (Lipinski definition) is 2. The Balaban J connectivity index is 1.50. The summed E-state index contributed by atoms with van der Waals surface area (Å²) < 4.78 is 0. The lowest BCUT2D eigenvalue weighted by atomic mass is 9.95. The molecule has 0 saturated carbocycles. The molecule has 2 aromatic heterocycles. The second-order valence-corrected chi connectivity index (χ2v) is 9.50. The molecule has 0 unspecified atom stereocenters. The Labute approximate surface area is 217 Å². The highest BCUT2D eigenvalue weighted by Gasteiger charge is 2.17. The molecule has 0 radical (unpaired) electrons. The normalized spacial score (nSPS) is 11.5. The van der Waals surface area contributed by atoms with Gasteiger partial charge in [0, 0.05) is 22.5 Å². The van der Waals surface area contributed by atoms with E-state index in [-0.39, 0.29) is 5.56 Å². The molecule has 0 fully saturated rings. The van der Waals surface area contributed by atoms with Crippen molar-refractivity contribution in [3.63, 3.8) is 0 Å². The summed E-state index contributed by atoms with van der Waals surface area (Å²) in [5, 5.41) is 3.86. The van der Waals surface area contributed by atoms with Crippen LogP contribution < -0.4 is 5.56 Å². The largest absolute Gasteiger partial charge is 0.337 e. The standard InChI is InChI=1S/C32H20ClN3O/c33-27-12-5-4-11-24(27)31-35-29-23-14-13-22(21-10-6-9-20(17-21)19-7-2-1-3-8-19)18-26(23)28-25(30(29)36-31)15-16-34-32(28)37/h1-18H,(H,34,37)(H,35,36). The predicted octanol–water partition coefficient (Wildman–Crippen LogP) is 8.21. The molecule has 0 saturated heterocycles. The highest BCUT2D eigenvalue weighted by Crippen LogP contribution is 2.37. The minimum absolute atomic E-state index is 0.131. The van der Waals surface area contributed by atoms with E-state index in [0.29, 0.717) is 16.2 Å². The maximum absolute atomic E-state index is 13.1. The van der Waals surface area contributed by atoms with Crippen LogP contribution in [0.25, 0.3) is 66.2 Å². The lowest BCUT2D eigenvalue weighted by molar-refractivity contribution is 1.28. The van der Waals surface area contributed by atoms with Gasteiger partial charge in [-0.3, -0.25) is 4.79 Å². The summed E-state index contributed by atoms with van der Waals surface area (Å²) in [6, 6.07) is 34.6. The Kier molecular flexibility index (Phi) is 4.95. The smallest absolute Gasteiger partial charge is 0.256 e. The first-order valence-corrected chi connectivity index (χ1v) is 12.4. The molecule has 7 aromatic rings. The predicted molar refractivity (Wildman–Crippen MR) is 153 cm³/mol. The minimum atomic E-state index is -0.131. The average Bonchev–Trinajstić information content (AvgIpc) is 3.39. The van der Waals surface area contributed by atoms with E-state index in [2.05, 4.69) is 64.6 Å². The number of H-pyrrole nitrogens is 2. The van der Waals surface area contributed by atoms with Gasteiger partial charge in [-0.05, 0) is 58.0 Å². The summed E-state index contributed by atoms with van der Waals surface area (Å²) in [7, 11) is 0. The van der Waals surface area contributed by atoms with Crippen molar-refractivity contribution in [3.8, 4) is 33.6 Å². The van der Waals surface area contributed by atoms with Crippen molar-refractivity contribution in [2.45, 2.75) is 0 Å². The molecule has 0 amide bonds. The van der Waals surface area contributed by atoms with Crippen molar-refractivity contribution >= 4 is 44.2 Å². The van der Waals surface area contributed by atoms with E-state index in [1.807, 2.05) is 48.5 Å². The Morgan fingerprint density at radius 3 is 2.22 bits per heavy atom. The Hall–Kier alpha value is -4.67. The van der Waals surface area contributed by atoms with Crippen LogP contribution >= 0.6 is 11.6 Å². The third-order valence-corrected chi connectivity index (χ3v) is 7.24. The van der Waals surface area contributed by atoms with Crippen LogP contribution in [0, 0.1) is 0 Å². The summed E-state index contributed by atoms with van der Waals surface area (Å²) in [6.45, 7) is 0. The summed E-state index contributed by atoms with van der Waals surface area (Å²) in [5.74, 6) is 0.675. The van der Waals surface area contributed by atoms with Crippen LogP contribution in [0.3, 0.4) is 0 Å². The number of rotatable bonds is 3. The molecule has 176 valence electrons. The number of nitrogens with zero attached hydrogens (tertiary/aromatic N) is 1. The summed E-state index contributed by atoms with van der Waals surface area (Å²) >= 11 is 6.48. The molecule has 0 aliphatic rings. The zero-order valence-electron chi connectivity index (χ0n) is 19.6. The SMILES string of the molecule is O=c1[nH]ccc2c3[nH]c(-c4ccccc4Cl)nc3c3ccc(-c4cccc(-c5ccccc5)c4)cc3c12. The summed E-state index contributed by atoms with van der Waals surface area (Å²) in [5.41, 5.74) is 6.76. The van der Waals surface area contributed by atoms with E-state index >= 15 is 0 Å². The van der Waals surface area contributed by atoms with Gasteiger partial charge in [0.25, 0.3) is 5.56 Å². The molecule has 0 aliphatic heterocycles. The number of hydrogen-bond donors (Lipinski definition) is 2. The fourth-order valence-corrected chi connectivity index (χ4v) is 5.37. The van der Waals surface area contributed by atoms with Crippen LogP contribution in [0.5, 0.6) is 0 Å². The quantitative estimate of drug-likeness (QED) is 0.241. The highest BCUT2D eigenvalue weighted by molar-refractivity contribution is 6.33. The topological polar surface area (TPSA) is 61.5 Å². The van der Waals surface area contributed by atoms with Gasteiger partial charge in [-0.2, -0.15) is 0 Å². The van der Waals surface area contributed by atoms with Crippen molar-refractivity contribution in [1.29, 1.82) is 0 Å². The van der Waals surface area contributed by atoms with E-state index in [9.17, 15) is 4.79 Å². The molecule has 2 heterocycles. The van der Waals surface area contributed by atoms with Gasteiger partial charge in [0.05, 0.1) is 21.4 Å². The molecule has 5 aromatic carbocycles. The minimum Gasteiger partial charge on any atom is -0.337 e. The van der Waals surface area contributed by atoms with Crippen LogP contribution in [-0.4, -0.2) is 15.0 Å². The molecule has 2 N–H and O–H groups in total. The maximum Gasteiger partial charge on any atom is 0.256 e. The fourth-order valence-electron chi connectivity index (χ4n) is 5.14. The van der Waals surface area contributed by atoms with Gasteiger partial charge in [-0.15, -0.1) is 0 Å². The van der Waals surface area contributed by atoms with Crippen LogP contribution in [-0.2, 0) is 0 Å². The van der Waals surface area contributed by atoms with E-state index < -0.39 is 0 Å². The number of fused-ring (bicyclic) bond motifs is 6. The first-order chi connectivity index (χ1) is 18.2. The highest BCUT2D eigenvalue weighted by atomic mass is 35.5. The van der Waals surface area contributed by atoms with Crippen LogP contribution in [0.15, 0.2) is 114 Å². The van der Waals surface area contributed by atoms with Gasteiger partial charge < -0.3 is 9.97 Å². The third kappa shape index (κ3) is 3.53. The Morgan fingerprint density at radius 1 is 0.649 bits per heavy atom. The maximum atomic E-state index is 13.1. The number of imidazole rings is 1. The zero-order valence-corrected chi connectivity index (χ0v) is 20.4. The van der Waals surface area contributed by atoms with Gasteiger partial charge in [-0.1, -0.05) is 84.4 Å². The third-order valence-electron chi connectivity index (χ3n) is 6.91. The molecular formula is C32H20ClN3O. The van der Waals surface area contributed by atoms with Crippen molar-refractivity contribution in [2.24, 2.45) is 0 Å². The lowest BCUT2D eigenvalue weighted by Crippen LogP contribution is -2.05. The first kappa shape index (κ1) is 21.6. The number of aromatic nitrogens is 3. The van der Waals surface area contributed by atoms with Gasteiger partial charge in [-0.25, -0.2) is 4.98 Å². The van der Waals surface area contributed by atoms with Gasteiger partial charge >= 0.3 is 0 Å². The second kappa shape index (κ2) is 8.47. The lowest BCUT2D eigenvalue weighted by Gasteiger charge is -2.10. The molecule has 4 nitrogen and oxygen atoms in total. The number of benzene rings is 5. The van der Waals surface area contributed by atoms with E-state index in [1.54, 1.807) is 6.20 Å². The molecule has 5 heteroatoms. The number of pyridine rings is 1. The summed E-state index contributed by atoms with van der Waals surface area (Å²) in [4.78, 5) is 24.4. The van der Waals surface area contributed by atoms with Crippen LogP contribution in [0.2, 0.25) is 5.02 Å².